The van der Waals surface area contributed by atoms with E-state index in [-0.39, 0.29) is 17.2 Å². The first-order valence-corrected chi connectivity index (χ1v) is 10.7. The maximum absolute atomic E-state index is 14.5. The number of halogens is 2. The smallest absolute Gasteiger partial charge is 0.274 e. The molecule has 0 spiro atoms. The van der Waals surface area contributed by atoms with Gasteiger partial charge in [-0.05, 0) is 49.8 Å². The predicted octanol–water partition coefficient (Wildman–Crippen LogP) is 5.69. The number of aliphatic imine (C=N–C) groups is 1. The van der Waals surface area contributed by atoms with Crippen molar-refractivity contribution in [3.63, 3.8) is 0 Å². The van der Waals surface area contributed by atoms with Gasteiger partial charge in [0, 0.05) is 12.1 Å². The Morgan fingerprint density at radius 3 is 2.43 bits per heavy atom. The molecule has 2 aromatic carbocycles. The highest BCUT2D eigenvalue weighted by Crippen LogP contribution is 2.37. The van der Waals surface area contributed by atoms with Crippen LogP contribution in [-0.4, -0.2) is 28.7 Å². The molecule has 0 radical (unpaired) electrons. The van der Waals surface area contributed by atoms with Crippen molar-refractivity contribution < 1.29 is 13.6 Å². The Hall–Kier alpha value is -2.56. The molecule has 1 aliphatic heterocycles. The number of benzene rings is 2. The molecule has 30 heavy (non-hydrogen) atoms. The summed E-state index contributed by atoms with van der Waals surface area (Å²) < 4.78 is 28.4. The van der Waals surface area contributed by atoms with E-state index in [4.69, 9.17) is 4.99 Å². The maximum atomic E-state index is 14.5. The van der Waals surface area contributed by atoms with E-state index >= 15 is 0 Å². The molecule has 0 saturated carbocycles. The minimum absolute atomic E-state index is 0.0324. The monoisotopic (exact) mass is 412 g/mol. The molecule has 1 heterocycles. The predicted molar refractivity (Wildman–Crippen MR) is 117 cm³/mol. The summed E-state index contributed by atoms with van der Waals surface area (Å²) in [6, 6.07) is 12.1. The molecular weight excluding hydrogens is 382 g/mol. The van der Waals surface area contributed by atoms with Gasteiger partial charge in [0.1, 0.15) is 11.4 Å². The van der Waals surface area contributed by atoms with E-state index in [0.29, 0.717) is 31.7 Å². The van der Waals surface area contributed by atoms with Gasteiger partial charge in [-0.2, -0.15) is 0 Å². The quantitative estimate of drug-likeness (QED) is 0.548. The van der Waals surface area contributed by atoms with Gasteiger partial charge in [0.25, 0.3) is 5.91 Å². The number of carbonyl (C=O) groups is 1. The average molecular weight is 413 g/mol. The number of aryl methyl sites for hydroxylation is 1. The lowest BCUT2D eigenvalue weighted by Crippen LogP contribution is -2.48. The molecule has 3 nitrogen and oxygen atoms in total. The van der Waals surface area contributed by atoms with Crippen LogP contribution in [0.5, 0.6) is 0 Å². The second-order valence-electron chi connectivity index (χ2n) is 8.58. The van der Waals surface area contributed by atoms with Crippen molar-refractivity contribution in [3.8, 4) is 0 Å². The molecular formula is C25H30F2N2O. The minimum atomic E-state index is -1.01. The molecule has 0 N–H and O–H groups in total. The summed E-state index contributed by atoms with van der Waals surface area (Å²) in [5, 5.41) is 0. The van der Waals surface area contributed by atoms with Gasteiger partial charge in [-0.25, -0.2) is 8.78 Å². The van der Waals surface area contributed by atoms with Gasteiger partial charge in [0.2, 0.25) is 0 Å². The Morgan fingerprint density at radius 1 is 1.10 bits per heavy atom. The Labute approximate surface area is 177 Å². The highest BCUT2D eigenvalue weighted by Gasteiger charge is 2.47. The van der Waals surface area contributed by atoms with Crippen LogP contribution in [0.3, 0.4) is 0 Å². The third kappa shape index (κ3) is 4.45. The first-order chi connectivity index (χ1) is 14.3. The highest BCUT2D eigenvalue weighted by atomic mass is 19.2. The standard InChI is InChI=1S/C25H30F2N2O/c1-5-14-25(16-17(2)3)28-23(20-7-6-8-21(26)22(20)27)24(30)29(25)15-13-19-11-9-18(4)10-12-19/h6-12,17H,5,13-16H2,1-4H3. The largest absolute Gasteiger partial charge is 0.312 e. The van der Waals surface area contributed by atoms with Crippen LogP contribution in [0.1, 0.15) is 56.7 Å². The second-order valence-corrected chi connectivity index (χ2v) is 8.58. The summed E-state index contributed by atoms with van der Waals surface area (Å²) in [5.41, 5.74) is 1.57. The minimum Gasteiger partial charge on any atom is -0.312 e. The fraction of sp³-hybridized carbons (Fsp3) is 0.440. The Balaban J connectivity index is 1.99. The van der Waals surface area contributed by atoms with Crippen molar-refractivity contribution in [3.05, 3.63) is 70.8 Å². The van der Waals surface area contributed by atoms with E-state index in [1.54, 1.807) is 4.90 Å². The van der Waals surface area contributed by atoms with Crippen molar-refractivity contribution in [2.24, 2.45) is 10.9 Å². The van der Waals surface area contributed by atoms with Crippen LogP contribution in [-0.2, 0) is 11.2 Å². The molecule has 0 aromatic heterocycles. The lowest BCUT2D eigenvalue weighted by Gasteiger charge is -2.38. The topological polar surface area (TPSA) is 32.7 Å². The Morgan fingerprint density at radius 2 is 1.80 bits per heavy atom. The summed E-state index contributed by atoms with van der Waals surface area (Å²) in [5.74, 6) is -2.00. The van der Waals surface area contributed by atoms with Gasteiger partial charge in [0.05, 0.1) is 0 Å². The fourth-order valence-corrected chi connectivity index (χ4v) is 4.30. The van der Waals surface area contributed by atoms with Crippen molar-refractivity contribution in [2.75, 3.05) is 6.54 Å². The number of rotatable bonds is 8. The zero-order chi connectivity index (χ0) is 21.9. The summed E-state index contributed by atoms with van der Waals surface area (Å²) in [4.78, 5) is 20.0. The molecule has 3 rings (SSSR count). The van der Waals surface area contributed by atoms with Crippen LogP contribution in [0.25, 0.3) is 0 Å². The van der Waals surface area contributed by atoms with Crippen LogP contribution in [0.2, 0.25) is 0 Å². The van der Waals surface area contributed by atoms with E-state index in [1.165, 1.54) is 17.7 Å². The molecule has 1 aliphatic rings. The molecule has 1 unspecified atom stereocenters. The van der Waals surface area contributed by atoms with Crippen LogP contribution in [0, 0.1) is 24.5 Å². The highest BCUT2D eigenvalue weighted by molar-refractivity contribution is 6.46. The van der Waals surface area contributed by atoms with Crippen LogP contribution < -0.4 is 0 Å². The maximum Gasteiger partial charge on any atom is 0.274 e. The Bertz CT molecular complexity index is 937. The molecule has 5 heteroatoms. The van der Waals surface area contributed by atoms with E-state index in [1.807, 2.05) is 6.92 Å². The lowest BCUT2D eigenvalue weighted by molar-refractivity contribution is -0.128. The zero-order valence-corrected chi connectivity index (χ0v) is 18.2. The van der Waals surface area contributed by atoms with E-state index in [0.717, 1.165) is 18.1 Å². The number of amides is 1. The third-order valence-electron chi connectivity index (χ3n) is 5.61. The van der Waals surface area contributed by atoms with Gasteiger partial charge in [-0.3, -0.25) is 9.79 Å². The fourth-order valence-electron chi connectivity index (χ4n) is 4.30. The molecule has 0 saturated heterocycles. The van der Waals surface area contributed by atoms with E-state index in [9.17, 15) is 13.6 Å². The summed E-state index contributed by atoms with van der Waals surface area (Å²) >= 11 is 0. The van der Waals surface area contributed by atoms with Crippen molar-refractivity contribution in [1.82, 2.24) is 4.90 Å². The van der Waals surface area contributed by atoms with Crippen LogP contribution in [0.4, 0.5) is 8.78 Å². The third-order valence-corrected chi connectivity index (χ3v) is 5.61. The number of nitrogens with zero attached hydrogens (tertiary/aromatic N) is 2. The summed E-state index contributed by atoms with van der Waals surface area (Å²) in [6.07, 6.45) is 2.89. The summed E-state index contributed by atoms with van der Waals surface area (Å²) in [6.45, 7) is 8.77. The van der Waals surface area contributed by atoms with Crippen molar-refractivity contribution in [2.45, 2.75) is 59.0 Å². The van der Waals surface area contributed by atoms with Crippen LogP contribution >= 0.6 is 0 Å². The van der Waals surface area contributed by atoms with Crippen molar-refractivity contribution in [1.29, 1.82) is 0 Å². The molecule has 2 aromatic rings. The molecule has 160 valence electrons. The normalized spacial score (nSPS) is 19.0. The molecule has 1 amide bonds. The number of hydrogen-bond acceptors (Lipinski definition) is 2. The zero-order valence-electron chi connectivity index (χ0n) is 18.2. The van der Waals surface area contributed by atoms with Gasteiger partial charge < -0.3 is 4.90 Å². The Kier molecular flexibility index (Phi) is 6.69. The number of hydrogen-bond donors (Lipinski definition) is 0. The van der Waals surface area contributed by atoms with Gasteiger partial charge in [-0.1, -0.05) is 63.1 Å². The van der Waals surface area contributed by atoms with E-state index < -0.39 is 17.3 Å². The molecule has 0 fully saturated rings. The van der Waals surface area contributed by atoms with Gasteiger partial charge in [0.15, 0.2) is 11.6 Å². The first kappa shape index (κ1) is 22.1. The van der Waals surface area contributed by atoms with Gasteiger partial charge >= 0.3 is 0 Å². The molecule has 0 aliphatic carbocycles. The lowest BCUT2D eigenvalue weighted by atomic mass is 9.92. The first-order valence-electron chi connectivity index (χ1n) is 10.7. The van der Waals surface area contributed by atoms with Crippen LogP contribution in [0.15, 0.2) is 47.5 Å². The van der Waals surface area contributed by atoms with E-state index in [2.05, 4.69) is 45.0 Å². The number of carbonyl (C=O) groups excluding carboxylic acids is 1. The second kappa shape index (κ2) is 9.07. The summed E-state index contributed by atoms with van der Waals surface area (Å²) in [7, 11) is 0. The van der Waals surface area contributed by atoms with Crippen molar-refractivity contribution >= 4 is 11.6 Å². The molecule has 0 bridgehead atoms. The van der Waals surface area contributed by atoms with Gasteiger partial charge in [-0.15, -0.1) is 0 Å². The SMILES string of the molecule is CCCC1(CC(C)C)N=C(c2cccc(F)c2F)C(=O)N1CCc1ccc(C)cc1. The average Bonchev–Trinajstić information content (AvgIpc) is 2.95. The molecule has 1 atom stereocenters.